The van der Waals surface area contributed by atoms with Crippen molar-refractivity contribution in [2.24, 2.45) is 0 Å². The first-order valence-electron chi connectivity index (χ1n) is 5.86. The largest absolute Gasteiger partial charge is 0.134 e. The van der Waals surface area contributed by atoms with Crippen LogP contribution in [0.25, 0.3) is 29.6 Å². The van der Waals surface area contributed by atoms with Crippen LogP contribution in [0.1, 0.15) is 9.30 Å². The van der Waals surface area contributed by atoms with E-state index in [0.717, 1.165) is 0 Å². The van der Waals surface area contributed by atoms with E-state index >= 15 is 0 Å². The molecule has 4 aromatic rings. The van der Waals surface area contributed by atoms with E-state index in [0.29, 0.717) is 0 Å². The maximum Gasteiger partial charge on any atom is 0.0947 e. The average Bonchev–Trinajstić information content (AvgIpc) is 2.93. The first-order valence-corrected chi connectivity index (χ1v) is 9.32. The Morgan fingerprint density at radius 1 is 0.789 bits per heavy atom. The van der Waals surface area contributed by atoms with Crippen LogP contribution in [0.15, 0.2) is 42.5 Å². The first-order chi connectivity index (χ1) is 9.24. The lowest BCUT2D eigenvalue weighted by Gasteiger charge is -2.01. The Morgan fingerprint density at radius 2 is 1.47 bits per heavy atom. The summed E-state index contributed by atoms with van der Waals surface area (Å²) in [7, 11) is 0. The molecule has 4 heteroatoms. The number of benzene rings is 2. The molecule has 0 aliphatic heterocycles. The van der Waals surface area contributed by atoms with E-state index in [1.54, 1.807) is 0 Å². The van der Waals surface area contributed by atoms with Crippen LogP contribution in [0.4, 0.5) is 0 Å². The van der Waals surface area contributed by atoms with E-state index in [4.69, 9.17) is 0 Å². The van der Waals surface area contributed by atoms with Gasteiger partial charge in [0.25, 0.3) is 0 Å². The predicted molar refractivity (Wildman–Crippen MR) is 95.3 cm³/mol. The van der Waals surface area contributed by atoms with Gasteiger partial charge >= 0.3 is 0 Å². The molecule has 0 unspecified atom stereocenters. The summed E-state index contributed by atoms with van der Waals surface area (Å²) in [6, 6.07) is 15.4. The number of hydrogen-bond donors (Lipinski definition) is 0. The van der Waals surface area contributed by atoms with Crippen molar-refractivity contribution in [1.82, 2.24) is 0 Å². The van der Waals surface area contributed by atoms with Gasteiger partial charge in [-0.05, 0) is 17.7 Å². The second-order valence-electron chi connectivity index (χ2n) is 4.41. The van der Waals surface area contributed by atoms with Crippen LogP contribution in [0.2, 0.25) is 0 Å². The van der Waals surface area contributed by atoms with Crippen molar-refractivity contribution >= 4 is 84.1 Å². The van der Waals surface area contributed by atoms with Crippen LogP contribution in [-0.2, 0) is 0 Å². The minimum Gasteiger partial charge on any atom is -0.134 e. The SMILES string of the molecule is BrC(Br)c1ccc2c(c1)sc1c3ccccc3sc21. The smallest absolute Gasteiger partial charge is 0.0947 e. The Morgan fingerprint density at radius 3 is 2.26 bits per heavy atom. The zero-order valence-corrected chi connectivity index (χ0v) is 14.5. The fourth-order valence-corrected chi connectivity index (χ4v) is 5.63. The number of fused-ring (bicyclic) bond motifs is 5. The van der Waals surface area contributed by atoms with E-state index in [9.17, 15) is 0 Å². The van der Waals surface area contributed by atoms with E-state index in [1.165, 1.54) is 35.1 Å². The lowest BCUT2D eigenvalue weighted by atomic mass is 10.2. The highest BCUT2D eigenvalue weighted by Crippen LogP contribution is 2.45. The third-order valence-corrected chi connectivity index (χ3v) is 6.84. The Balaban J connectivity index is 2.12. The maximum atomic E-state index is 3.57. The van der Waals surface area contributed by atoms with Crippen molar-refractivity contribution in [1.29, 1.82) is 0 Å². The number of thiophene rings is 2. The lowest BCUT2D eigenvalue weighted by Crippen LogP contribution is -1.77. The highest BCUT2D eigenvalue weighted by atomic mass is 79.9. The molecule has 2 heterocycles. The predicted octanol–water partition coefficient (Wildman–Crippen LogP) is 7.06. The van der Waals surface area contributed by atoms with Gasteiger partial charge in [0, 0.05) is 20.2 Å². The fourth-order valence-electron chi connectivity index (χ4n) is 2.36. The second-order valence-corrected chi connectivity index (χ2v) is 9.58. The standard InChI is InChI=1S/C15H8Br2S2/c16-15(17)8-5-6-10-12(7-8)19-13-9-3-1-2-4-11(9)18-14(10)13/h1-7,15H. The van der Waals surface area contributed by atoms with Gasteiger partial charge in [-0.3, -0.25) is 0 Å². The number of rotatable bonds is 1. The third kappa shape index (κ3) is 1.88. The Bertz CT molecular complexity index is 902. The molecule has 94 valence electrons. The number of hydrogen-bond acceptors (Lipinski definition) is 2. The van der Waals surface area contributed by atoms with Crippen LogP contribution in [0.3, 0.4) is 0 Å². The minimum atomic E-state index is 0.223. The molecule has 0 saturated heterocycles. The molecule has 2 aromatic heterocycles. The summed E-state index contributed by atoms with van der Waals surface area (Å²) >= 11 is 10.9. The van der Waals surface area contributed by atoms with Crippen LogP contribution >= 0.6 is 54.5 Å². The van der Waals surface area contributed by atoms with Gasteiger partial charge in [-0.15, -0.1) is 22.7 Å². The van der Waals surface area contributed by atoms with Gasteiger partial charge < -0.3 is 0 Å². The molecule has 0 aliphatic rings. The second kappa shape index (κ2) is 4.55. The molecule has 19 heavy (non-hydrogen) atoms. The van der Waals surface area contributed by atoms with E-state index < -0.39 is 0 Å². The van der Waals surface area contributed by atoms with Crippen molar-refractivity contribution < 1.29 is 0 Å². The highest BCUT2D eigenvalue weighted by Gasteiger charge is 2.12. The van der Waals surface area contributed by atoms with Crippen LogP contribution in [-0.4, -0.2) is 0 Å². The third-order valence-electron chi connectivity index (χ3n) is 3.26. The Hall–Kier alpha value is -0.420. The molecule has 0 radical (unpaired) electrons. The van der Waals surface area contributed by atoms with E-state index in [1.807, 2.05) is 22.7 Å². The molecule has 0 aliphatic carbocycles. The van der Waals surface area contributed by atoms with Gasteiger partial charge in [0.15, 0.2) is 0 Å². The highest BCUT2D eigenvalue weighted by molar-refractivity contribution is 9.24. The van der Waals surface area contributed by atoms with E-state index in [-0.39, 0.29) is 3.74 Å². The molecule has 0 amide bonds. The van der Waals surface area contributed by atoms with Crippen LogP contribution in [0, 0.1) is 0 Å². The maximum absolute atomic E-state index is 3.57. The summed E-state index contributed by atoms with van der Waals surface area (Å²) in [6.07, 6.45) is 0. The topological polar surface area (TPSA) is 0 Å². The normalized spacial score (nSPS) is 12.2. The quantitative estimate of drug-likeness (QED) is 0.294. The summed E-state index contributed by atoms with van der Waals surface area (Å²) in [5.74, 6) is 0. The molecule has 0 nitrogen and oxygen atoms in total. The van der Waals surface area contributed by atoms with Crippen LogP contribution in [0.5, 0.6) is 0 Å². The summed E-state index contributed by atoms with van der Waals surface area (Å²) in [6.45, 7) is 0. The Labute approximate surface area is 135 Å². The lowest BCUT2D eigenvalue weighted by molar-refractivity contribution is 1.46. The van der Waals surface area contributed by atoms with Crippen molar-refractivity contribution in [2.45, 2.75) is 3.74 Å². The molecule has 0 atom stereocenters. The monoisotopic (exact) mass is 410 g/mol. The van der Waals surface area contributed by atoms with Crippen molar-refractivity contribution in [2.75, 3.05) is 0 Å². The fraction of sp³-hybridized carbons (Fsp3) is 0.0667. The molecule has 0 saturated carbocycles. The zero-order chi connectivity index (χ0) is 13.0. The summed E-state index contributed by atoms with van der Waals surface area (Å²) in [5.41, 5.74) is 1.27. The average molecular weight is 412 g/mol. The van der Waals surface area contributed by atoms with Gasteiger partial charge in [-0.25, -0.2) is 0 Å². The first kappa shape index (κ1) is 12.3. The van der Waals surface area contributed by atoms with Gasteiger partial charge in [0.2, 0.25) is 0 Å². The number of halogens is 2. The molecule has 4 rings (SSSR count). The molecule has 0 spiro atoms. The molecular formula is C15H8Br2S2. The van der Waals surface area contributed by atoms with Crippen LogP contribution < -0.4 is 0 Å². The molecule has 0 N–H and O–H groups in total. The van der Waals surface area contributed by atoms with Gasteiger partial charge in [-0.2, -0.15) is 0 Å². The van der Waals surface area contributed by atoms with E-state index in [2.05, 4.69) is 74.3 Å². The van der Waals surface area contributed by atoms with Crippen molar-refractivity contribution in [3.8, 4) is 0 Å². The minimum absolute atomic E-state index is 0.223. The van der Waals surface area contributed by atoms with Crippen molar-refractivity contribution in [3.63, 3.8) is 0 Å². The summed E-state index contributed by atoms with van der Waals surface area (Å²) < 4.78 is 5.82. The molecule has 0 bridgehead atoms. The van der Waals surface area contributed by atoms with Gasteiger partial charge in [0.1, 0.15) is 0 Å². The zero-order valence-electron chi connectivity index (χ0n) is 9.69. The molecule has 2 aromatic carbocycles. The molecule has 0 fully saturated rings. The summed E-state index contributed by atoms with van der Waals surface area (Å²) in [4.78, 5) is 0. The van der Waals surface area contributed by atoms with Crippen molar-refractivity contribution in [3.05, 3.63) is 48.0 Å². The summed E-state index contributed by atoms with van der Waals surface area (Å²) in [5, 5.41) is 2.77. The molecular weight excluding hydrogens is 404 g/mol. The van der Waals surface area contributed by atoms with Gasteiger partial charge in [-0.1, -0.05) is 62.2 Å². The Kier molecular flexibility index (Phi) is 2.95. The van der Waals surface area contributed by atoms with Gasteiger partial charge in [0.05, 0.1) is 13.1 Å². The number of alkyl halides is 2.